The van der Waals surface area contributed by atoms with Gasteiger partial charge in [0.2, 0.25) is 0 Å². The van der Waals surface area contributed by atoms with Gasteiger partial charge in [0, 0.05) is 38.8 Å². The summed E-state index contributed by atoms with van der Waals surface area (Å²) in [6, 6.07) is 1.51. The van der Waals surface area contributed by atoms with Crippen LogP contribution < -0.4 is 5.56 Å². The van der Waals surface area contributed by atoms with Gasteiger partial charge in [-0.05, 0) is 6.92 Å². The molecule has 2 N–H and O–H groups in total. The number of hydrogen-bond donors (Lipinski definition) is 2. The molecule has 0 aliphatic carbocycles. The van der Waals surface area contributed by atoms with Gasteiger partial charge in [0.1, 0.15) is 5.82 Å². The van der Waals surface area contributed by atoms with Crippen LogP contribution in [0.2, 0.25) is 0 Å². The molecule has 2 heterocycles. The summed E-state index contributed by atoms with van der Waals surface area (Å²) in [5.74, 6) is -0.174. The van der Waals surface area contributed by atoms with Crippen LogP contribution in [0.15, 0.2) is 10.9 Å². The maximum atomic E-state index is 11.3. The first-order valence-electron chi connectivity index (χ1n) is 6.26. The van der Waals surface area contributed by atoms with Gasteiger partial charge in [0.25, 0.3) is 5.56 Å². The van der Waals surface area contributed by atoms with Gasteiger partial charge < -0.3 is 10.1 Å². The third-order valence-corrected chi connectivity index (χ3v) is 3.12. The van der Waals surface area contributed by atoms with Crippen LogP contribution in [0.4, 0.5) is 0 Å². The lowest BCUT2D eigenvalue weighted by atomic mass is 10.3. The van der Waals surface area contributed by atoms with Crippen molar-refractivity contribution in [2.45, 2.75) is 13.5 Å². The fraction of sp³-hybridized carbons (Fsp3) is 0.583. The highest BCUT2D eigenvalue weighted by Gasteiger charge is 2.19. The number of aromatic nitrogens is 2. The molecule has 2 rings (SSSR count). The topological polar surface area (TPSA) is 89.5 Å². The summed E-state index contributed by atoms with van der Waals surface area (Å²) in [5, 5.41) is 8.72. The summed E-state index contributed by atoms with van der Waals surface area (Å²) < 4.78 is 0. The highest BCUT2D eigenvalue weighted by Crippen LogP contribution is 2.05. The Bertz CT molecular complexity index is 506. The minimum atomic E-state index is -0.791. The standard InChI is InChI=1S/C12H18N4O3/c1-9-13-10(6-11(17)14-9)7-15-2-4-16(5-3-15)8-12(18)19/h6H,2-5,7-8H2,1H3,(H,18,19)(H,13,14,17). The van der Waals surface area contributed by atoms with Crippen LogP contribution in [-0.2, 0) is 11.3 Å². The van der Waals surface area contributed by atoms with Crippen LogP contribution in [0.25, 0.3) is 0 Å². The minimum Gasteiger partial charge on any atom is -0.480 e. The Kier molecular flexibility index (Phi) is 4.28. The minimum absolute atomic E-state index is 0.0935. The quantitative estimate of drug-likeness (QED) is 0.747. The summed E-state index contributed by atoms with van der Waals surface area (Å²) in [7, 11) is 0. The van der Waals surface area contributed by atoms with Gasteiger partial charge in [-0.25, -0.2) is 4.98 Å². The van der Waals surface area contributed by atoms with E-state index in [4.69, 9.17) is 5.11 Å². The van der Waals surface area contributed by atoms with Crippen LogP contribution in [0.1, 0.15) is 11.5 Å². The van der Waals surface area contributed by atoms with E-state index < -0.39 is 5.97 Å². The molecule has 0 spiro atoms. The number of aliphatic carboxylic acids is 1. The van der Waals surface area contributed by atoms with Crippen molar-refractivity contribution in [1.29, 1.82) is 0 Å². The van der Waals surface area contributed by atoms with Gasteiger partial charge in [-0.1, -0.05) is 0 Å². The average Bonchev–Trinajstić information content (AvgIpc) is 2.29. The van der Waals surface area contributed by atoms with E-state index in [9.17, 15) is 9.59 Å². The van der Waals surface area contributed by atoms with Crippen LogP contribution in [-0.4, -0.2) is 63.6 Å². The number of rotatable bonds is 4. The van der Waals surface area contributed by atoms with Crippen molar-refractivity contribution in [3.8, 4) is 0 Å². The van der Waals surface area contributed by atoms with Gasteiger partial charge in [-0.15, -0.1) is 0 Å². The number of hydrogen-bond acceptors (Lipinski definition) is 5. The van der Waals surface area contributed by atoms with Crippen LogP contribution in [0.5, 0.6) is 0 Å². The van der Waals surface area contributed by atoms with Crippen LogP contribution >= 0.6 is 0 Å². The molecular formula is C12H18N4O3. The number of carbonyl (C=O) groups is 1. The van der Waals surface area contributed by atoms with Crippen molar-refractivity contribution < 1.29 is 9.90 Å². The molecule has 0 atom stereocenters. The second kappa shape index (κ2) is 5.94. The molecule has 7 heteroatoms. The van der Waals surface area contributed by atoms with E-state index in [0.717, 1.165) is 31.9 Å². The molecule has 7 nitrogen and oxygen atoms in total. The van der Waals surface area contributed by atoms with E-state index >= 15 is 0 Å². The summed E-state index contributed by atoms with van der Waals surface area (Å²) in [6.45, 7) is 5.53. The zero-order valence-electron chi connectivity index (χ0n) is 10.9. The lowest BCUT2D eigenvalue weighted by Crippen LogP contribution is -2.47. The molecule has 0 aromatic carbocycles. The zero-order valence-corrected chi connectivity index (χ0v) is 10.9. The Balaban J connectivity index is 1.88. The molecular weight excluding hydrogens is 248 g/mol. The van der Waals surface area contributed by atoms with E-state index in [-0.39, 0.29) is 12.1 Å². The van der Waals surface area contributed by atoms with Gasteiger partial charge in [-0.3, -0.25) is 19.4 Å². The Morgan fingerprint density at radius 2 is 2.00 bits per heavy atom. The number of nitrogens with one attached hydrogen (secondary N) is 1. The van der Waals surface area contributed by atoms with E-state index in [2.05, 4.69) is 14.9 Å². The Labute approximate surface area is 110 Å². The van der Waals surface area contributed by atoms with Crippen molar-refractivity contribution in [3.05, 3.63) is 27.9 Å². The highest BCUT2D eigenvalue weighted by atomic mass is 16.4. The fourth-order valence-corrected chi connectivity index (χ4v) is 2.25. The molecule has 0 unspecified atom stereocenters. The molecule has 19 heavy (non-hydrogen) atoms. The molecule has 1 aliphatic rings. The van der Waals surface area contributed by atoms with Crippen molar-refractivity contribution in [1.82, 2.24) is 19.8 Å². The third-order valence-electron chi connectivity index (χ3n) is 3.12. The monoisotopic (exact) mass is 266 g/mol. The van der Waals surface area contributed by atoms with Crippen molar-refractivity contribution >= 4 is 5.97 Å². The number of carboxylic acid groups (broad SMARTS) is 1. The fourth-order valence-electron chi connectivity index (χ4n) is 2.25. The maximum Gasteiger partial charge on any atom is 0.317 e. The molecule has 1 aliphatic heterocycles. The summed E-state index contributed by atoms with van der Waals surface area (Å²) >= 11 is 0. The smallest absolute Gasteiger partial charge is 0.317 e. The van der Waals surface area contributed by atoms with Crippen LogP contribution in [0, 0.1) is 6.92 Å². The predicted octanol–water partition coefficient (Wildman–Crippen LogP) is -0.719. The number of nitrogens with zero attached hydrogens (tertiary/aromatic N) is 3. The average molecular weight is 266 g/mol. The van der Waals surface area contributed by atoms with E-state index in [1.165, 1.54) is 6.07 Å². The SMILES string of the molecule is Cc1nc(CN2CCN(CC(=O)O)CC2)cc(=O)[nH]1. The normalized spacial score (nSPS) is 17.5. The molecule has 1 fully saturated rings. The third kappa shape index (κ3) is 4.15. The molecule has 1 saturated heterocycles. The first-order valence-corrected chi connectivity index (χ1v) is 6.26. The predicted molar refractivity (Wildman–Crippen MR) is 68.9 cm³/mol. The summed E-state index contributed by atoms with van der Waals surface area (Å²) in [6.07, 6.45) is 0. The number of carboxylic acids is 1. The molecule has 0 saturated carbocycles. The van der Waals surface area contributed by atoms with E-state index in [0.29, 0.717) is 12.4 Å². The van der Waals surface area contributed by atoms with Crippen LogP contribution in [0.3, 0.4) is 0 Å². The van der Waals surface area contributed by atoms with Crippen molar-refractivity contribution in [2.24, 2.45) is 0 Å². The molecule has 1 aromatic rings. The van der Waals surface area contributed by atoms with Gasteiger partial charge >= 0.3 is 5.97 Å². The largest absolute Gasteiger partial charge is 0.480 e. The summed E-state index contributed by atoms with van der Waals surface area (Å²) in [4.78, 5) is 33.0. The number of H-pyrrole nitrogens is 1. The lowest BCUT2D eigenvalue weighted by molar-refractivity contribution is -0.138. The number of piperazine rings is 1. The van der Waals surface area contributed by atoms with Crippen molar-refractivity contribution in [2.75, 3.05) is 32.7 Å². The number of aromatic amines is 1. The number of aryl methyl sites for hydroxylation is 1. The van der Waals surface area contributed by atoms with E-state index in [1.807, 2.05) is 4.90 Å². The second-order valence-corrected chi connectivity index (χ2v) is 4.77. The first kappa shape index (κ1) is 13.7. The van der Waals surface area contributed by atoms with Gasteiger partial charge in [-0.2, -0.15) is 0 Å². The maximum absolute atomic E-state index is 11.3. The highest BCUT2D eigenvalue weighted by molar-refractivity contribution is 5.69. The second-order valence-electron chi connectivity index (χ2n) is 4.77. The Morgan fingerprint density at radius 1 is 1.37 bits per heavy atom. The van der Waals surface area contributed by atoms with Gasteiger partial charge in [0.05, 0.1) is 12.2 Å². The first-order chi connectivity index (χ1) is 9.02. The van der Waals surface area contributed by atoms with Crippen molar-refractivity contribution in [3.63, 3.8) is 0 Å². The molecule has 104 valence electrons. The lowest BCUT2D eigenvalue weighted by Gasteiger charge is -2.33. The molecule has 1 aromatic heterocycles. The molecule has 0 amide bonds. The van der Waals surface area contributed by atoms with E-state index in [1.54, 1.807) is 6.92 Å². The summed E-state index contributed by atoms with van der Waals surface area (Å²) in [5.41, 5.74) is 0.625. The Morgan fingerprint density at radius 3 is 2.58 bits per heavy atom. The zero-order chi connectivity index (χ0) is 13.8. The van der Waals surface area contributed by atoms with Gasteiger partial charge in [0.15, 0.2) is 0 Å². The Hall–Kier alpha value is -1.73. The molecule has 0 radical (unpaired) electrons. The molecule has 0 bridgehead atoms.